The van der Waals surface area contributed by atoms with Crippen LogP contribution in [0.25, 0.3) is 0 Å². The lowest BCUT2D eigenvalue weighted by atomic mass is 10.1. The molecule has 1 aromatic rings. The van der Waals surface area contributed by atoms with Crippen molar-refractivity contribution in [1.29, 1.82) is 0 Å². The van der Waals surface area contributed by atoms with Gasteiger partial charge in [-0.1, -0.05) is 43.9 Å². The molecule has 3 heteroatoms. The molecular formula is C18H30ClNO. The molecule has 1 aliphatic rings. The van der Waals surface area contributed by atoms with E-state index >= 15 is 0 Å². The van der Waals surface area contributed by atoms with Gasteiger partial charge in [-0.2, -0.15) is 0 Å². The highest BCUT2D eigenvalue weighted by molar-refractivity contribution is 5.85. The van der Waals surface area contributed by atoms with Crippen molar-refractivity contribution >= 4 is 12.4 Å². The monoisotopic (exact) mass is 311 g/mol. The summed E-state index contributed by atoms with van der Waals surface area (Å²) in [5.41, 5.74) is 0. The molecule has 1 heterocycles. The molecule has 0 aromatic heterocycles. The Hall–Kier alpha value is -0.730. The average Bonchev–Trinajstić information content (AvgIpc) is 2.52. The number of rotatable bonds is 9. The van der Waals surface area contributed by atoms with Crippen molar-refractivity contribution in [2.24, 2.45) is 0 Å². The first-order valence-corrected chi connectivity index (χ1v) is 8.35. The SMILES string of the molecule is Cl.c1ccc(OCCCCCCCN2CCCCC2)cc1. The molecule has 1 aromatic carbocycles. The van der Waals surface area contributed by atoms with Crippen molar-refractivity contribution in [2.45, 2.75) is 51.4 Å². The minimum atomic E-state index is 0. The summed E-state index contributed by atoms with van der Waals surface area (Å²) in [7, 11) is 0. The van der Waals surface area contributed by atoms with Crippen LogP contribution in [0.15, 0.2) is 30.3 Å². The molecule has 0 saturated carbocycles. The van der Waals surface area contributed by atoms with E-state index in [9.17, 15) is 0 Å². The highest BCUT2D eigenvalue weighted by Crippen LogP contribution is 2.12. The zero-order chi connectivity index (χ0) is 13.9. The van der Waals surface area contributed by atoms with E-state index in [-0.39, 0.29) is 12.4 Å². The van der Waals surface area contributed by atoms with Crippen LogP contribution in [0.3, 0.4) is 0 Å². The number of para-hydroxylation sites is 1. The summed E-state index contributed by atoms with van der Waals surface area (Å²) in [4.78, 5) is 2.64. The lowest BCUT2D eigenvalue weighted by Crippen LogP contribution is -2.30. The number of halogens is 1. The van der Waals surface area contributed by atoms with Crippen LogP contribution < -0.4 is 4.74 Å². The van der Waals surface area contributed by atoms with Crippen LogP contribution in [-0.4, -0.2) is 31.1 Å². The Morgan fingerprint density at radius 3 is 2.24 bits per heavy atom. The van der Waals surface area contributed by atoms with E-state index in [1.807, 2.05) is 30.3 Å². The standard InChI is InChI=1S/C18H29NO.ClH/c1(2-8-14-19-15-9-5-10-16-19)3-11-17-20-18-12-6-4-7-13-18;/h4,6-7,12-13H,1-3,5,8-11,14-17H2;1H. The highest BCUT2D eigenvalue weighted by Gasteiger charge is 2.08. The van der Waals surface area contributed by atoms with Gasteiger partial charge < -0.3 is 9.64 Å². The Bertz CT molecular complexity index is 338. The minimum absolute atomic E-state index is 0. The van der Waals surface area contributed by atoms with Crippen LogP contribution in [0.5, 0.6) is 5.75 Å². The number of likely N-dealkylation sites (tertiary alicyclic amines) is 1. The summed E-state index contributed by atoms with van der Waals surface area (Å²) < 4.78 is 5.70. The Kier molecular flexibility index (Phi) is 10.4. The maximum atomic E-state index is 5.70. The normalized spacial score (nSPS) is 15.4. The summed E-state index contributed by atoms with van der Waals surface area (Å²) >= 11 is 0. The van der Waals surface area contributed by atoms with Crippen molar-refractivity contribution in [3.63, 3.8) is 0 Å². The van der Waals surface area contributed by atoms with Crippen LogP contribution in [0.1, 0.15) is 51.4 Å². The first kappa shape index (κ1) is 18.3. The summed E-state index contributed by atoms with van der Waals surface area (Å²) in [6, 6.07) is 10.1. The van der Waals surface area contributed by atoms with Gasteiger partial charge in [-0.25, -0.2) is 0 Å². The Balaban J connectivity index is 0.00000220. The van der Waals surface area contributed by atoms with Gasteiger partial charge in [0.15, 0.2) is 0 Å². The smallest absolute Gasteiger partial charge is 0.119 e. The summed E-state index contributed by atoms with van der Waals surface area (Å²) in [5, 5.41) is 0. The predicted molar refractivity (Wildman–Crippen MR) is 92.6 cm³/mol. The van der Waals surface area contributed by atoms with Crippen LogP contribution in [0.2, 0.25) is 0 Å². The largest absolute Gasteiger partial charge is 0.494 e. The number of benzene rings is 1. The number of piperidine rings is 1. The molecule has 0 N–H and O–H groups in total. The van der Waals surface area contributed by atoms with Gasteiger partial charge in [-0.15, -0.1) is 12.4 Å². The third kappa shape index (κ3) is 8.33. The van der Waals surface area contributed by atoms with Gasteiger partial charge in [0.1, 0.15) is 5.75 Å². The first-order valence-electron chi connectivity index (χ1n) is 8.35. The van der Waals surface area contributed by atoms with Crippen molar-refractivity contribution in [3.8, 4) is 5.75 Å². The molecular weight excluding hydrogens is 282 g/mol. The molecule has 1 saturated heterocycles. The molecule has 1 fully saturated rings. The molecule has 0 radical (unpaired) electrons. The van der Waals surface area contributed by atoms with Gasteiger partial charge in [0.25, 0.3) is 0 Å². The van der Waals surface area contributed by atoms with E-state index in [0.717, 1.165) is 12.4 Å². The van der Waals surface area contributed by atoms with Gasteiger partial charge in [0, 0.05) is 0 Å². The molecule has 1 aliphatic heterocycles. The summed E-state index contributed by atoms with van der Waals surface area (Å²) in [6.45, 7) is 4.85. The van der Waals surface area contributed by atoms with E-state index in [1.165, 1.54) is 71.0 Å². The van der Waals surface area contributed by atoms with Crippen molar-refractivity contribution in [2.75, 3.05) is 26.2 Å². The van der Waals surface area contributed by atoms with Gasteiger partial charge in [-0.05, 0) is 57.5 Å². The number of ether oxygens (including phenoxy) is 1. The zero-order valence-electron chi connectivity index (χ0n) is 13.1. The molecule has 0 spiro atoms. The van der Waals surface area contributed by atoms with Gasteiger partial charge in [-0.3, -0.25) is 0 Å². The molecule has 0 aliphatic carbocycles. The van der Waals surface area contributed by atoms with E-state index in [4.69, 9.17) is 4.74 Å². The number of nitrogens with zero attached hydrogens (tertiary/aromatic N) is 1. The molecule has 2 rings (SSSR count). The molecule has 120 valence electrons. The van der Waals surface area contributed by atoms with Crippen LogP contribution in [0.4, 0.5) is 0 Å². The quantitative estimate of drug-likeness (QED) is 0.600. The molecule has 0 atom stereocenters. The fourth-order valence-corrected chi connectivity index (χ4v) is 2.86. The Morgan fingerprint density at radius 2 is 1.48 bits per heavy atom. The maximum absolute atomic E-state index is 5.70. The molecule has 0 unspecified atom stereocenters. The number of hydrogen-bond acceptors (Lipinski definition) is 2. The van der Waals surface area contributed by atoms with E-state index in [0.29, 0.717) is 0 Å². The summed E-state index contributed by atoms with van der Waals surface area (Å²) in [6.07, 6.45) is 10.9. The second-order valence-electron chi connectivity index (χ2n) is 5.83. The van der Waals surface area contributed by atoms with Crippen LogP contribution in [-0.2, 0) is 0 Å². The van der Waals surface area contributed by atoms with Crippen LogP contribution >= 0.6 is 12.4 Å². The van der Waals surface area contributed by atoms with Gasteiger partial charge >= 0.3 is 0 Å². The second kappa shape index (κ2) is 11.9. The van der Waals surface area contributed by atoms with Crippen molar-refractivity contribution < 1.29 is 4.74 Å². The van der Waals surface area contributed by atoms with Gasteiger partial charge in [0.05, 0.1) is 6.61 Å². The van der Waals surface area contributed by atoms with E-state index < -0.39 is 0 Å². The minimum Gasteiger partial charge on any atom is -0.494 e. The van der Waals surface area contributed by atoms with Crippen LogP contribution in [0, 0.1) is 0 Å². The van der Waals surface area contributed by atoms with Crippen molar-refractivity contribution in [3.05, 3.63) is 30.3 Å². The lowest BCUT2D eigenvalue weighted by molar-refractivity contribution is 0.223. The Labute approximate surface area is 136 Å². The second-order valence-corrected chi connectivity index (χ2v) is 5.83. The topological polar surface area (TPSA) is 12.5 Å². The zero-order valence-corrected chi connectivity index (χ0v) is 14.0. The van der Waals surface area contributed by atoms with Gasteiger partial charge in [0.2, 0.25) is 0 Å². The van der Waals surface area contributed by atoms with E-state index in [2.05, 4.69) is 4.90 Å². The van der Waals surface area contributed by atoms with E-state index in [1.54, 1.807) is 0 Å². The fraction of sp³-hybridized carbons (Fsp3) is 0.667. The average molecular weight is 312 g/mol. The third-order valence-corrected chi connectivity index (χ3v) is 4.08. The Morgan fingerprint density at radius 1 is 0.810 bits per heavy atom. The number of hydrogen-bond donors (Lipinski definition) is 0. The molecule has 0 bridgehead atoms. The predicted octanol–water partition coefficient (Wildman–Crippen LogP) is 4.92. The first-order chi connectivity index (χ1) is 9.95. The fourth-order valence-electron chi connectivity index (χ4n) is 2.86. The van der Waals surface area contributed by atoms with Crippen molar-refractivity contribution in [1.82, 2.24) is 4.90 Å². The number of unbranched alkanes of at least 4 members (excludes halogenated alkanes) is 4. The lowest BCUT2D eigenvalue weighted by Gasteiger charge is -2.26. The molecule has 21 heavy (non-hydrogen) atoms. The summed E-state index contributed by atoms with van der Waals surface area (Å²) in [5.74, 6) is 0.998. The maximum Gasteiger partial charge on any atom is 0.119 e. The third-order valence-electron chi connectivity index (χ3n) is 4.08. The molecule has 0 amide bonds. The molecule has 2 nitrogen and oxygen atoms in total. The highest BCUT2D eigenvalue weighted by atomic mass is 35.5.